The summed E-state index contributed by atoms with van der Waals surface area (Å²) in [7, 11) is 1.40. The highest BCUT2D eigenvalue weighted by Gasteiger charge is 2.41. The van der Waals surface area contributed by atoms with Crippen LogP contribution in [-0.2, 0) is 26.7 Å². The Morgan fingerprint density at radius 2 is 1.53 bits per heavy atom. The number of piperidine rings is 1. The van der Waals surface area contributed by atoms with Crippen molar-refractivity contribution < 1.29 is 45.1 Å². The smallest absolute Gasteiger partial charge is 0.416 e. The van der Waals surface area contributed by atoms with Crippen molar-refractivity contribution in [2.24, 2.45) is 17.8 Å². The lowest BCUT2D eigenvalue weighted by molar-refractivity contribution is -0.145. The lowest BCUT2D eigenvalue weighted by atomic mass is 9.76. The monoisotopic (exact) mass is 672 g/mol. The van der Waals surface area contributed by atoms with Crippen LogP contribution < -0.4 is 0 Å². The molecule has 0 N–H and O–H groups in total. The van der Waals surface area contributed by atoms with Crippen LogP contribution in [0.15, 0.2) is 36.4 Å². The van der Waals surface area contributed by atoms with Gasteiger partial charge in [0.2, 0.25) is 5.91 Å². The highest BCUT2D eigenvalue weighted by atomic mass is 19.4. The highest BCUT2D eigenvalue weighted by Crippen LogP contribution is 2.41. The number of aryl methyl sites for hydroxylation is 1. The van der Waals surface area contributed by atoms with Crippen molar-refractivity contribution in [1.82, 2.24) is 9.80 Å². The Kier molecular flexibility index (Phi) is 11.7. The summed E-state index contributed by atoms with van der Waals surface area (Å²) in [6.45, 7) is 7.20. The van der Waals surface area contributed by atoms with Crippen LogP contribution in [0.2, 0.25) is 0 Å². The number of hydrogen-bond donors (Lipinski definition) is 0. The van der Waals surface area contributed by atoms with Crippen molar-refractivity contribution in [1.29, 1.82) is 0 Å². The van der Waals surface area contributed by atoms with Crippen LogP contribution in [0.3, 0.4) is 0 Å². The maximum atomic E-state index is 14.1. The van der Waals surface area contributed by atoms with Gasteiger partial charge in [-0.3, -0.25) is 9.59 Å². The fraction of sp³-hybridized carbons (Fsp3) is 0.600. The third kappa shape index (κ3) is 9.27. The van der Waals surface area contributed by atoms with Crippen molar-refractivity contribution in [2.75, 3.05) is 33.3 Å². The number of esters is 1. The van der Waals surface area contributed by atoms with Crippen LogP contribution >= 0.6 is 0 Å². The van der Waals surface area contributed by atoms with Gasteiger partial charge in [0.1, 0.15) is 5.82 Å². The molecule has 2 aromatic carbocycles. The van der Waals surface area contributed by atoms with Crippen LogP contribution in [0.25, 0.3) is 0 Å². The molecule has 1 amide bonds. The number of amides is 1. The third-order valence-corrected chi connectivity index (χ3v) is 9.91. The van der Waals surface area contributed by atoms with Gasteiger partial charge >= 0.3 is 18.3 Å². The molecule has 1 saturated heterocycles. The third-order valence-electron chi connectivity index (χ3n) is 9.91. The summed E-state index contributed by atoms with van der Waals surface area (Å²) in [5.74, 6) is -1.26. The van der Waals surface area contributed by atoms with Gasteiger partial charge in [-0.15, -0.1) is 0 Å². The lowest BCUT2D eigenvalue weighted by Gasteiger charge is -2.42. The predicted molar refractivity (Wildman–Crippen MR) is 163 cm³/mol. The van der Waals surface area contributed by atoms with E-state index in [0.29, 0.717) is 62.1 Å². The van der Waals surface area contributed by atoms with Crippen LogP contribution in [-0.4, -0.2) is 55.0 Å². The summed E-state index contributed by atoms with van der Waals surface area (Å²) in [5.41, 5.74) is -1.69. The van der Waals surface area contributed by atoms with E-state index in [0.717, 1.165) is 37.8 Å². The molecule has 0 aromatic heterocycles. The molecule has 0 bridgehead atoms. The van der Waals surface area contributed by atoms with Crippen molar-refractivity contribution in [2.45, 2.75) is 83.6 Å². The first-order valence-electron chi connectivity index (χ1n) is 16.2. The Morgan fingerprint density at radius 3 is 2.09 bits per heavy atom. The van der Waals surface area contributed by atoms with E-state index in [4.69, 9.17) is 4.74 Å². The number of likely N-dealkylation sites (tertiary alicyclic amines) is 1. The number of nitrogens with zero attached hydrogens (tertiary/aromatic N) is 2. The van der Waals surface area contributed by atoms with E-state index < -0.39 is 47.2 Å². The van der Waals surface area contributed by atoms with E-state index in [1.54, 1.807) is 19.9 Å². The van der Waals surface area contributed by atoms with E-state index in [-0.39, 0.29) is 23.5 Å². The second-order valence-corrected chi connectivity index (χ2v) is 13.1. The molecule has 12 heteroatoms. The Balaban J connectivity index is 1.52. The molecule has 5 nitrogen and oxygen atoms in total. The van der Waals surface area contributed by atoms with Gasteiger partial charge < -0.3 is 14.5 Å². The van der Waals surface area contributed by atoms with Crippen LogP contribution in [0.1, 0.15) is 92.1 Å². The summed E-state index contributed by atoms with van der Waals surface area (Å²) in [4.78, 5) is 29.5. The molecule has 2 aromatic rings. The van der Waals surface area contributed by atoms with E-state index in [2.05, 4.69) is 4.90 Å². The first kappa shape index (κ1) is 36.7. The second-order valence-electron chi connectivity index (χ2n) is 13.1. The standard InChI is InChI=1S/C35H43F7N2O3/c1-5-47-32(45)15-23-6-8-24(9-7-23)19-44-13-12-30(31(20-44)29-11-10-28(36)14-21(29)2)33(46)43(4)22(3)25-16-26(34(37,38)39)18-27(17-25)35(40,41)42/h10-11,14,16-18,22-24,30-31H,5-9,12-13,15,19-20H2,1-4H3/t22-,23-,24-,30-,31+/m0/s1. The summed E-state index contributed by atoms with van der Waals surface area (Å²) >= 11 is 0. The molecule has 2 aliphatic rings. The Morgan fingerprint density at radius 1 is 0.936 bits per heavy atom. The maximum absolute atomic E-state index is 14.1. The van der Waals surface area contributed by atoms with Gasteiger partial charge in [0.15, 0.2) is 0 Å². The molecule has 1 aliphatic heterocycles. The molecule has 0 spiro atoms. The van der Waals surface area contributed by atoms with Crippen molar-refractivity contribution in [3.63, 3.8) is 0 Å². The first-order chi connectivity index (χ1) is 22.0. The maximum Gasteiger partial charge on any atom is 0.416 e. The fourth-order valence-electron chi connectivity index (χ4n) is 7.19. The zero-order valence-electron chi connectivity index (χ0n) is 27.2. The molecular weight excluding hydrogens is 629 g/mol. The van der Waals surface area contributed by atoms with Crippen molar-refractivity contribution in [3.8, 4) is 0 Å². The summed E-state index contributed by atoms with van der Waals surface area (Å²) < 4.78 is 101. The number of benzene rings is 2. The van der Waals surface area contributed by atoms with E-state index in [9.17, 15) is 40.3 Å². The topological polar surface area (TPSA) is 49.9 Å². The van der Waals surface area contributed by atoms with Gasteiger partial charge in [0, 0.05) is 38.4 Å². The molecule has 1 saturated carbocycles. The molecule has 4 rings (SSSR count). The molecule has 260 valence electrons. The Hall–Kier alpha value is -3.15. The number of carbonyl (C=O) groups excluding carboxylic acids is 2. The van der Waals surface area contributed by atoms with Gasteiger partial charge in [0.25, 0.3) is 0 Å². The lowest BCUT2D eigenvalue weighted by Crippen LogP contribution is -2.47. The van der Waals surface area contributed by atoms with Gasteiger partial charge in [-0.1, -0.05) is 6.07 Å². The van der Waals surface area contributed by atoms with Crippen LogP contribution in [0, 0.1) is 30.5 Å². The molecule has 3 atom stereocenters. The van der Waals surface area contributed by atoms with Crippen molar-refractivity contribution in [3.05, 3.63) is 70.0 Å². The minimum absolute atomic E-state index is 0.0774. The first-order valence-corrected chi connectivity index (χ1v) is 16.2. The Bertz CT molecular complexity index is 1370. The van der Waals surface area contributed by atoms with Gasteiger partial charge in [0.05, 0.1) is 23.8 Å². The average molecular weight is 673 g/mol. The molecule has 1 heterocycles. The summed E-state index contributed by atoms with van der Waals surface area (Å²) in [5, 5.41) is 0. The molecule has 47 heavy (non-hydrogen) atoms. The molecule has 1 aliphatic carbocycles. The highest BCUT2D eigenvalue weighted by molar-refractivity contribution is 5.80. The fourth-order valence-corrected chi connectivity index (χ4v) is 7.19. The van der Waals surface area contributed by atoms with Crippen LogP contribution in [0.4, 0.5) is 30.7 Å². The zero-order valence-corrected chi connectivity index (χ0v) is 27.2. The largest absolute Gasteiger partial charge is 0.466 e. The number of halogens is 7. The summed E-state index contributed by atoms with van der Waals surface area (Å²) in [6.07, 6.45) is -5.40. The number of hydrogen-bond acceptors (Lipinski definition) is 4. The SMILES string of the molecule is CCOC(=O)C[C@H]1CC[C@H](CN2CC[C@H](C(=O)N(C)[C@@H](C)c3cc(C(F)(F)F)cc(C(F)(F)F)c3)[C@@H](c3ccc(F)cc3C)C2)CC1. The normalized spacial score (nSPS) is 23.3. The number of carbonyl (C=O) groups is 2. The molecular formula is C35H43F7N2O3. The van der Waals surface area contributed by atoms with E-state index >= 15 is 0 Å². The van der Waals surface area contributed by atoms with E-state index in [1.807, 2.05) is 0 Å². The summed E-state index contributed by atoms with van der Waals surface area (Å²) in [6, 6.07) is 4.71. The number of rotatable bonds is 9. The van der Waals surface area contributed by atoms with Crippen molar-refractivity contribution >= 4 is 11.9 Å². The minimum atomic E-state index is -5.00. The van der Waals surface area contributed by atoms with Gasteiger partial charge in [-0.2, -0.15) is 26.3 Å². The van der Waals surface area contributed by atoms with E-state index in [1.165, 1.54) is 31.0 Å². The van der Waals surface area contributed by atoms with Gasteiger partial charge in [-0.25, -0.2) is 4.39 Å². The predicted octanol–water partition coefficient (Wildman–Crippen LogP) is 8.56. The minimum Gasteiger partial charge on any atom is -0.466 e. The average Bonchev–Trinajstić information content (AvgIpc) is 3.00. The van der Waals surface area contributed by atoms with Gasteiger partial charge in [-0.05, 0) is 118 Å². The second kappa shape index (κ2) is 15.0. The Labute approximate surface area is 271 Å². The number of ether oxygens (including phenoxy) is 1. The molecule has 0 radical (unpaired) electrons. The van der Waals surface area contributed by atoms with Crippen LogP contribution in [0.5, 0.6) is 0 Å². The number of alkyl halides is 6. The molecule has 0 unspecified atom stereocenters. The zero-order chi connectivity index (χ0) is 34.7. The molecule has 2 fully saturated rings. The quantitative estimate of drug-likeness (QED) is 0.198.